The number of aliphatic carboxylic acids is 2. The highest BCUT2D eigenvalue weighted by atomic mass is 16.8. The minimum absolute atomic E-state index is 0.824. The fourth-order valence-corrected chi connectivity index (χ4v) is 12.4. The van der Waals surface area contributed by atoms with Gasteiger partial charge in [0.15, 0.2) is 31.5 Å². The standard InChI is InChI=1S/C54H89N3O41/c1-13-28(70)33(75)36(78)48(87-13)93-40-24(12-86-53(51(82)83)5-17(66)25(55-14(2)63)41(96-53)29(71)19(68)7-58)91-47(95-44-31(73)21(9-60)89-49(37(44)79)92-39-23(11-62)88-46(81)35(77)34(39)76)27(57-16(4)65)43(40)94-50-38(80)45(32(74)22(10-61)90-50)98-54(52(84)85)6-18(67)26(56-15(3)64)42(97-54)30(72)20(69)8-59/h13,17-50,58-62,66-81H,5-12H2,1-4H3,(H,55,63)(H,56,64)(H,57,65)(H,82,83)(H,84,85)/t13-,17+,18+,19-,20-,21-,22-,23-,24-,25-,26-,27-,28+,29-,30-,31+,32+,33+,34-,35-,36-,37-,38-,39-,40-,41-,42-,43-,44+,45+,46-,47+,48-,49+,50+,53+,54-/m1/s1. The van der Waals surface area contributed by atoms with Crippen LogP contribution in [0.5, 0.6) is 0 Å². The lowest BCUT2D eigenvalue weighted by Crippen LogP contribution is -2.72. The molecule has 7 heterocycles. The maximum absolute atomic E-state index is 13.7. The normalized spacial score (nSPS) is 46.0. The lowest BCUT2D eigenvalue weighted by Gasteiger charge is -2.53. The number of nitrogens with one attached hydrogen (secondary N) is 3. The Balaban J connectivity index is 1.39. The van der Waals surface area contributed by atoms with Crippen LogP contribution < -0.4 is 16.0 Å². The zero-order valence-corrected chi connectivity index (χ0v) is 52.5. The van der Waals surface area contributed by atoms with Crippen LogP contribution in [0.4, 0.5) is 0 Å². The van der Waals surface area contributed by atoms with Gasteiger partial charge in [0.2, 0.25) is 17.7 Å². The molecule has 0 aliphatic carbocycles. The van der Waals surface area contributed by atoms with Gasteiger partial charge in [0.1, 0.15) is 153 Å². The molecule has 3 amide bonds. The van der Waals surface area contributed by atoms with E-state index in [0.29, 0.717) is 0 Å². The highest BCUT2D eigenvalue weighted by Crippen LogP contribution is 2.42. The fourth-order valence-electron chi connectivity index (χ4n) is 12.4. The van der Waals surface area contributed by atoms with Crippen molar-refractivity contribution < 1.29 is 203 Å². The summed E-state index contributed by atoms with van der Waals surface area (Å²) < 4.78 is 76.8. The third-order valence-electron chi connectivity index (χ3n) is 17.7. The molecule has 7 aliphatic heterocycles. The molecule has 0 saturated carbocycles. The van der Waals surface area contributed by atoms with Crippen molar-refractivity contribution >= 4 is 29.7 Å². The van der Waals surface area contributed by atoms with Crippen molar-refractivity contribution in [3.8, 4) is 0 Å². The van der Waals surface area contributed by atoms with Crippen LogP contribution in [0, 0.1) is 0 Å². The molecule has 44 nitrogen and oxygen atoms in total. The number of aliphatic hydroxyl groups is 21. The monoisotopic (exact) mass is 1440 g/mol. The highest BCUT2D eigenvalue weighted by molar-refractivity contribution is 5.77. The van der Waals surface area contributed by atoms with Gasteiger partial charge < -0.3 is 195 Å². The number of carboxylic acid groups (broad SMARTS) is 2. The number of hydrogen-bond acceptors (Lipinski definition) is 39. The summed E-state index contributed by atoms with van der Waals surface area (Å²) in [5, 5.41) is 259. The fraction of sp³-hybridized carbons (Fsp3) is 0.907. The molecular weight excluding hydrogens is 1350 g/mol. The van der Waals surface area contributed by atoms with Crippen molar-refractivity contribution in [3.05, 3.63) is 0 Å². The maximum atomic E-state index is 13.7. The van der Waals surface area contributed by atoms with E-state index < -0.39 is 308 Å². The van der Waals surface area contributed by atoms with E-state index in [1.54, 1.807) is 0 Å². The van der Waals surface area contributed by atoms with Crippen LogP contribution in [0.3, 0.4) is 0 Å². The number of carbonyl (C=O) groups is 5. The third-order valence-corrected chi connectivity index (χ3v) is 17.7. The first-order valence-electron chi connectivity index (χ1n) is 30.7. The van der Waals surface area contributed by atoms with E-state index in [9.17, 15) is 141 Å². The zero-order chi connectivity index (χ0) is 73.1. The molecule has 7 aliphatic rings. The van der Waals surface area contributed by atoms with Crippen LogP contribution in [-0.2, 0) is 85.6 Å². The summed E-state index contributed by atoms with van der Waals surface area (Å²) in [7, 11) is 0. The van der Waals surface area contributed by atoms with E-state index in [-0.39, 0.29) is 0 Å². The van der Waals surface area contributed by atoms with E-state index in [2.05, 4.69) is 16.0 Å². The van der Waals surface area contributed by atoms with Gasteiger partial charge in [-0.3, -0.25) is 14.4 Å². The minimum atomic E-state index is -3.42. The molecule has 7 rings (SSSR count). The molecule has 0 aromatic heterocycles. The lowest BCUT2D eigenvalue weighted by molar-refractivity contribution is -0.402. The molecule has 7 saturated heterocycles. The van der Waals surface area contributed by atoms with Gasteiger partial charge in [-0.2, -0.15) is 0 Å². The summed E-state index contributed by atoms with van der Waals surface area (Å²) in [6.07, 6.45) is -74.5. The summed E-state index contributed by atoms with van der Waals surface area (Å²) in [6.45, 7) is -3.69. The summed E-state index contributed by atoms with van der Waals surface area (Å²) >= 11 is 0. The maximum Gasteiger partial charge on any atom is 0.364 e. The predicted octanol–water partition coefficient (Wildman–Crippen LogP) is -16.4. The van der Waals surface area contributed by atoms with Crippen LogP contribution in [0.25, 0.3) is 0 Å². The SMILES string of the molecule is CC(=O)N[C@H]1[C@H](O[C@H]2[C@@H](O)[C@@H](CO)O[C@@H](O[C@H]3[C@H](O)[C@@H](O)[C@H](O)O[C@@H]3CO)[C@@H]2O)O[C@H](CO[C@@]2(C(=O)O)C[C@H](O)[C@@H](NC(C)=O)[C@H]([C@H](O)[C@H](O)CO)O2)[C@@H](O[C@H]2O[C@H](C)[C@H](O)[C@H](O)[C@H]2O)[C@@H]1O[C@@H]1O[C@H](CO)[C@H](O)[C@H](O[C@@]2(C(=O)O)C[C@H](O)[C@@H](NC(C)=O)[C@H]([C@H](O)[C@H](O)CO)O2)[C@H]1O. The topological polar surface area (TPSA) is 707 Å². The first kappa shape index (κ1) is 81.3. The van der Waals surface area contributed by atoms with Gasteiger partial charge in [0.05, 0.1) is 70.0 Å². The largest absolute Gasteiger partial charge is 0.477 e. The number of ether oxygens (including phenoxy) is 13. The number of carboxylic acids is 2. The molecule has 0 aromatic carbocycles. The number of rotatable bonds is 27. The lowest BCUT2D eigenvalue weighted by atomic mass is 9.88. The van der Waals surface area contributed by atoms with Crippen LogP contribution in [0.2, 0.25) is 0 Å². The molecule has 44 heteroatoms. The van der Waals surface area contributed by atoms with Crippen molar-refractivity contribution in [2.75, 3.05) is 39.6 Å². The Morgan fingerprint density at radius 2 is 0.857 bits per heavy atom. The third kappa shape index (κ3) is 17.4. The van der Waals surface area contributed by atoms with Crippen molar-refractivity contribution in [1.82, 2.24) is 16.0 Å². The minimum Gasteiger partial charge on any atom is -0.477 e. The Labute approximate surface area is 553 Å². The van der Waals surface area contributed by atoms with Crippen LogP contribution >= 0.6 is 0 Å². The van der Waals surface area contributed by atoms with E-state index in [1.807, 2.05) is 0 Å². The Bertz CT molecular complexity index is 2630. The molecule has 37 atom stereocenters. The molecule has 566 valence electrons. The number of hydrogen-bond donors (Lipinski definition) is 26. The van der Waals surface area contributed by atoms with Crippen LogP contribution in [0.15, 0.2) is 0 Å². The molecular formula is C54H89N3O41. The highest BCUT2D eigenvalue weighted by Gasteiger charge is 2.64. The van der Waals surface area contributed by atoms with Gasteiger partial charge in [-0.05, 0) is 6.92 Å². The molecule has 98 heavy (non-hydrogen) atoms. The quantitative estimate of drug-likeness (QED) is 0.0363. The average molecular weight is 1440 g/mol. The molecule has 0 spiro atoms. The molecule has 0 radical (unpaired) electrons. The number of aliphatic hydroxyl groups excluding tert-OH is 21. The van der Waals surface area contributed by atoms with Gasteiger partial charge in [0, 0.05) is 33.6 Å². The molecule has 0 bridgehead atoms. The Morgan fingerprint density at radius 1 is 0.439 bits per heavy atom. The second kappa shape index (κ2) is 34.1. The van der Waals surface area contributed by atoms with E-state index in [0.717, 1.165) is 27.7 Å². The van der Waals surface area contributed by atoms with Gasteiger partial charge in [-0.25, -0.2) is 9.59 Å². The van der Waals surface area contributed by atoms with Crippen molar-refractivity contribution in [2.24, 2.45) is 0 Å². The second-order valence-electron chi connectivity index (χ2n) is 24.6. The van der Waals surface area contributed by atoms with Gasteiger partial charge >= 0.3 is 11.9 Å². The Hall–Kier alpha value is -4.01. The number of carbonyl (C=O) groups excluding carboxylic acids is 3. The summed E-state index contributed by atoms with van der Waals surface area (Å²) in [5.41, 5.74) is 0. The Kier molecular flexibility index (Phi) is 28.3. The number of amides is 3. The summed E-state index contributed by atoms with van der Waals surface area (Å²) in [5.74, 6) is -14.1. The average Bonchev–Trinajstić information content (AvgIpc) is 0.750. The molecule has 0 unspecified atom stereocenters. The smallest absolute Gasteiger partial charge is 0.364 e. The van der Waals surface area contributed by atoms with Crippen molar-refractivity contribution in [2.45, 2.75) is 266 Å². The molecule has 7 fully saturated rings. The van der Waals surface area contributed by atoms with E-state index >= 15 is 0 Å². The van der Waals surface area contributed by atoms with Gasteiger partial charge in [0.25, 0.3) is 11.6 Å². The van der Waals surface area contributed by atoms with Crippen LogP contribution in [-0.4, -0.2) is 413 Å². The second-order valence-corrected chi connectivity index (χ2v) is 24.6. The van der Waals surface area contributed by atoms with E-state index in [4.69, 9.17) is 61.6 Å². The molecule has 26 N–H and O–H groups in total. The first-order chi connectivity index (χ1) is 45.9. The molecule has 0 aromatic rings. The Morgan fingerprint density at radius 3 is 1.34 bits per heavy atom. The predicted molar refractivity (Wildman–Crippen MR) is 300 cm³/mol. The van der Waals surface area contributed by atoms with Gasteiger partial charge in [-0.15, -0.1) is 0 Å². The summed E-state index contributed by atoms with van der Waals surface area (Å²) in [6, 6.07) is -5.90. The van der Waals surface area contributed by atoms with E-state index in [1.165, 1.54) is 0 Å². The van der Waals surface area contributed by atoms with Crippen molar-refractivity contribution in [3.63, 3.8) is 0 Å². The zero-order valence-electron chi connectivity index (χ0n) is 52.5. The first-order valence-corrected chi connectivity index (χ1v) is 30.7. The van der Waals surface area contributed by atoms with Crippen molar-refractivity contribution in [1.29, 1.82) is 0 Å². The van der Waals surface area contributed by atoms with Gasteiger partial charge in [-0.1, -0.05) is 0 Å². The van der Waals surface area contributed by atoms with Crippen LogP contribution in [0.1, 0.15) is 40.5 Å². The summed E-state index contributed by atoms with van der Waals surface area (Å²) in [4.78, 5) is 65.5.